The molecule has 5 atom stereocenters. The van der Waals surface area contributed by atoms with Gasteiger partial charge in [-0.25, -0.2) is 0 Å². The van der Waals surface area contributed by atoms with E-state index in [9.17, 15) is 4.79 Å². The summed E-state index contributed by atoms with van der Waals surface area (Å²) < 4.78 is 29.0. The van der Waals surface area contributed by atoms with Crippen LogP contribution in [0.5, 0.6) is 0 Å². The van der Waals surface area contributed by atoms with E-state index in [-0.39, 0.29) is 5.91 Å². The number of fused-ring (bicyclic) bond motifs is 3. The lowest BCUT2D eigenvalue weighted by Crippen LogP contribution is -2.59. The number of amides is 1. The molecule has 0 aromatic carbocycles. The summed E-state index contributed by atoms with van der Waals surface area (Å²) in [4.78, 5) is 12.0. The average molecular weight is 287 g/mol. The van der Waals surface area contributed by atoms with Crippen molar-refractivity contribution >= 4 is 5.91 Å². The average Bonchev–Trinajstić information content (AvgIpc) is 2.81. The minimum atomic E-state index is -0.782. The third-order valence-electron chi connectivity index (χ3n) is 3.66. The van der Waals surface area contributed by atoms with Gasteiger partial charge in [-0.2, -0.15) is 0 Å². The monoisotopic (exact) mass is 287 g/mol. The van der Waals surface area contributed by atoms with Crippen LogP contribution in [0.2, 0.25) is 0 Å². The molecule has 0 bridgehead atoms. The molecule has 3 aliphatic heterocycles. The van der Waals surface area contributed by atoms with Gasteiger partial charge >= 0.3 is 0 Å². The maximum atomic E-state index is 12.0. The molecule has 3 rings (SSSR count). The summed E-state index contributed by atoms with van der Waals surface area (Å²) >= 11 is 0. The zero-order valence-corrected chi connectivity index (χ0v) is 12.3. The second-order valence-electron chi connectivity index (χ2n) is 6.20. The van der Waals surface area contributed by atoms with Gasteiger partial charge in [0.05, 0.1) is 0 Å². The molecule has 7 nitrogen and oxygen atoms in total. The van der Waals surface area contributed by atoms with Crippen molar-refractivity contribution in [3.05, 3.63) is 0 Å². The Morgan fingerprint density at radius 3 is 2.10 bits per heavy atom. The van der Waals surface area contributed by atoms with E-state index < -0.39 is 42.3 Å². The van der Waals surface area contributed by atoms with Gasteiger partial charge in [-0.05, 0) is 27.7 Å². The zero-order valence-electron chi connectivity index (χ0n) is 12.3. The van der Waals surface area contributed by atoms with Crippen molar-refractivity contribution in [2.45, 2.75) is 70.0 Å². The van der Waals surface area contributed by atoms with Gasteiger partial charge in [0.2, 0.25) is 0 Å². The van der Waals surface area contributed by atoms with E-state index >= 15 is 0 Å². The zero-order chi connectivity index (χ0) is 14.7. The van der Waals surface area contributed by atoms with Gasteiger partial charge in [-0.15, -0.1) is 0 Å². The number of ether oxygens (including phenoxy) is 5. The molecule has 0 saturated carbocycles. The first-order valence-electron chi connectivity index (χ1n) is 6.81. The fourth-order valence-corrected chi connectivity index (χ4v) is 2.97. The highest BCUT2D eigenvalue weighted by Gasteiger charge is 2.61. The Morgan fingerprint density at radius 1 is 0.900 bits per heavy atom. The third-order valence-corrected chi connectivity index (χ3v) is 3.66. The number of nitrogens with one attached hydrogen (secondary N) is 1. The number of hydrogen-bond donors (Lipinski definition) is 1. The van der Waals surface area contributed by atoms with Crippen molar-refractivity contribution in [3.63, 3.8) is 0 Å². The highest BCUT2D eigenvalue weighted by molar-refractivity contribution is 5.81. The molecule has 3 fully saturated rings. The van der Waals surface area contributed by atoms with E-state index in [4.69, 9.17) is 23.7 Å². The summed E-state index contributed by atoms with van der Waals surface area (Å²) in [5, 5.41) is 2.58. The van der Waals surface area contributed by atoms with E-state index in [0.29, 0.717) is 0 Å². The highest BCUT2D eigenvalue weighted by atomic mass is 16.9. The van der Waals surface area contributed by atoms with E-state index in [1.807, 2.05) is 13.8 Å². The summed E-state index contributed by atoms with van der Waals surface area (Å²) in [6.45, 7) is 7.23. The van der Waals surface area contributed by atoms with Crippen molar-refractivity contribution in [3.8, 4) is 0 Å². The molecule has 0 unspecified atom stereocenters. The van der Waals surface area contributed by atoms with Gasteiger partial charge in [0.1, 0.15) is 18.3 Å². The third kappa shape index (κ3) is 2.23. The molecule has 0 aromatic rings. The topological polar surface area (TPSA) is 75.3 Å². The maximum absolute atomic E-state index is 12.0. The lowest BCUT2D eigenvalue weighted by atomic mass is 9.98. The molecule has 7 heteroatoms. The van der Waals surface area contributed by atoms with E-state index in [0.717, 1.165) is 0 Å². The fourth-order valence-electron chi connectivity index (χ4n) is 2.97. The SMILES string of the molecule is CNC(=O)[C@@H]1O[C@H]2OC(C)(C)O[C@@H]2[C@@H]2OC(C)(C)O[C@@H]21. The van der Waals surface area contributed by atoms with Crippen LogP contribution >= 0.6 is 0 Å². The summed E-state index contributed by atoms with van der Waals surface area (Å²) in [5.74, 6) is -1.81. The second-order valence-corrected chi connectivity index (χ2v) is 6.20. The van der Waals surface area contributed by atoms with Crippen LogP contribution in [-0.2, 0) is 28.5 Å². The van der Waals surface area contributed by atoms with Gasteiger partial charge < -0.3 is 29.0 Å². The van der Waals surface area contributed by atoms with Crippen LogP contribution in [-0.4, -0.2) is 55.2 Å². The standard InChI is InChI=1S/C13H21NO6/c1-12(2)17-6-7(18-12)9-11(20-13(3,4)19-9)16-8(6)10(15)14-5/h6-9,11H,1-5H3,(H,14,15)/t6-,7+,8+,9+,11-/m0/s1. The Balaban J connectivity index is 1.90. The smallest absolute Gasteiger partial charge is 0.251 e. The first-order valence-corrected chi connectivity index (χ1v) is 6.81. The molecule has 3 saturated heterocycles. The molecule has 0 aromatic heterocycles. The van der Waals surface area contributed by atoms with E-state index in [1.165, 1.54) is 0 Å². The number of carbonyl (C=O) groups is 1. The van der Waals surface area contributed by atoms with Crippen molar-refractivity contribution in [2.24, 2.45) is 0 Å². The number of carbonyl (C=O) groups excluding carboxylic acids is 1. The molecule has 0 radical (unpaired) electrons. The lowest BCUT2D eigenvalue weighted by Gasteiger charge is -2.36. The number of rotatable bonds is 1. The molecular formula is C13H21NO6. The van der Waals surface area contributed by atoms with E-state index in [1.54, 1.807) is 20.9 Å². The van der Waals surface area contributed by atoms with Crippen LogP contribution in [0.15, 0.2) is 0 Å². The molecule has 0 spiro atoms. The van der Waals surface area contributed by atoms with Gasteiger partial charge in [0.15, 0.2) is 24.0 Å². The molecule has 0 aliphatic carbocycles. The van der Waals surface area contributed by atoms with E-state index in [2.05, 4.69) is 5.32 Å². The first-order chi connectivity index (χ1) is 9.22. The van der Waals surface area contributed by atoms with Crippen molar-refractivity contribution in [1.29, 1.82) is 0 Å². The number of likely N-dealkylation sites (N-methyl/N-ethyl adjacent to an activating group) is 1. The van der Waals surface area contributed by atoms with Crippen LogP contribution in [0.4, 0.5) is 0 Å². The molecule has 114 valence electrons. The number of hydrogen-bond acceptors (Lipinski definition) is 6. The van der Waals surface area contributed by atoms with Gasteiger partial charge in [-0.1, -0.05) is 0 Å². The predicted octanol–water partition coefficient (Wildman–Crippen LogP) is 0.129. The van der Waals surface area contributed by atoms with Crippen LogP contribution in [0.1, 0.15) is 27.7 Å². The quantitative estimate of drug-likeness (QED) is 0.739. The Kier molecular flexibility index (Phi) is 3.11. The summed E-state index contributed by atoms with van der Waals surface area (Å²) in [5.41, 5.74) is 0. The molecule has 3 heterocycles. The largest absolute Gasteiger partial charge is 0.357 e. The first kappa shape index (κ1) is 14.2. The molecule has 1 amide bonds. The van der Waals surface area contributed by atoms with Gasteiger partial charge in [0, 0.05) is 7.05 Å². The second kappa shape index (κ2) is 4.38. The Hall–Kier alpha value is -0.730. The molecule has 1 N–H and O–H groups in total. The summed E-state index contributed by atoms with van der Waals surface area (Å²) in [6.07, 6.45) is -2.72. The normalized spacial score (nSPS) is 44.8. The summed E-state index contributed by atoms with van der Waals surface area (Å²) in [7, 11) is 1.56. The van der Waals surface area contributed by atoms with Crippen LogP contribution < -0.4 is 5.32 Å². The Labute approximate surface area is 117 Å². The minimum Gasteiger partial charge on any atom is -0.357 e. The highest BCUT2D eigenvalue weighted by Crippen LogP contribution is 2.44. The molecule has 3 aliphatic rings. The molecule has 20 heavy (non-hydrogen) atoms. The summed E-state index contributed by atoms with van der Waals surface area (Å²) in [6, 6.07) is 0. The Morgan fingerprint density at radius 2 is 1.45 bits per heavy atom. The van der Waals surface area contributed by atoms with Crippen molar-refractivity contribution in [2.75, 3.05) is 7.05 Å². The van der Waals surface area contributed by atoms with Crippen LogP contribution in [0.3, 0.4) is 0 Å². The van der Waals surface area contributed by atoms with Gasteiger partial charge in [-0.3, -0.25) is 4.79 Å². The fraction of sp³-hybridized carbons (Fsp3) is 0.923. The lowest BCUT2D eigenvalue weighted by molar-refractivity contribution is -0.231. The minimum absolute atomic E-state index is 0.256. The van der Waals surface area contributed by atoms with Crippen molar-refractivity contribution in [1.82, 2.24) is 5.32 Å². The Bertz CT molecular complexity index is 423. The van der Waals surface area contributed by atoms with Crippen LogP contribution in [0.25, 0.3) is 0 Å². The molecular weight excluding hydrogens is 266 g/mol. The van der Waals surface area contributed by atoms with Gasteiger partial charge in [0.25, 0.3) is 5.91 Å². The van der Waals surface area contributed by atoms with Crippen molar-refractivity contribution < 1.29 is 28.5 Å². The predicted molar refractivity (Wildman–Crippen MR) is 66.6 cm³/mol. The van der Waals surface area contributed by atoms with Crippen LogP contribution in [0, 0.1) is 0 Å². The maximum Gasteiger partial charge on any atom is 0.251 e.